The number of esters is 2. The van der Waals surface area contributed by atoms with Crippen molar-refractivity contribution in [2.45, 2.75) is 51.2 Å². The van der Waals surface area contributed by atoms with Gasteiger partial charge in [-0.2, -0.15) is 5.10 Å². The Balaban J connectivity index is 1.67. The van der Waals surface area contributed by atoms with Crippen LogP contribution < -0.4 is 0 Å². The van der Waals surface area contributed by atoms with Crippen molar-refractivity contribution in [3.05, 3.63) is 47.0 Å². The fraction of sp³-hybridized carbons (Fsp3) is 0.421. The van der Waals surface area contributed by atoms with Crippen molar-refractivity contribution in [3.63, 3.8) is 0 Å². The van der Waals surface area contributed by atoms with Crippen molar-refractivity contribution in [2.75, 3.05) is 0 Å². The molecule has 2 aliphatic rings. The van der Waals surface area contributed by atoms with Crippen LogP contribution in [0.25, 0.3) is 5.69 Å². The Labute approximate surface area is 149 Å². The van der Waals surface area contributed by atoms with Crippen LogP contribution in [0.2, 0.25) is 0 Å². The van der Waals surface area contributed by atoms with Crippen molar-refractivity contribution >= 4 is 11.9 Å². The number of cyclic esters (lactones) is 1. The number of ether oxygens (including phenoxy) is 2. The van der Waals surface area contributed by atoms with E-state index >= 15 is 0 Å². The van der Waals surface area contributed by atoms with Crippen molar-refractivity contribution in [1.29, 1.82) is 0 Å². The van der Waals surface area contributed by atoms with Crippen LogP contribution >= 0.6 is 0 Å². The van der Waals surface area contributed by atoms with Crippen LogP contribution in [-0.4, -0.2) is 33.9 Å². The number of carbonyl (C=O) groups is 2. The average Bonchev–Trinajstić information content (AvgIpc) is 3.16. The molecular formula is C19H19FN2O4. The first-order chi connectivity index (χ1) is 12.5. The lowest BCUT2D eigenvalue weighted by atomic mass is 9.95. The third-order valence-corrected chi connectivity index (χ3v) is 4.82. The highest BCUT2D eigenvalue weighted by atomic mass is 19.1. The molecule has 0 amide bonds. The molecule has 1 aliphatic carbocycles. The molecule has 1 saturated heterocycles. The van der Waals surface area contributed by atoms with E-state index < -0.39 is 18.0 Å². The number of rotatable bonds is 3. The summed E-state index contributed by atoms with van der Waals surface area (Å²) in [5, 5.41) is 4.45. The zero-order valence-electron chi connectivity index (χ0n) is 14.4. The van der Waals surface area contributed by atoms with E-state index in [0.717, 1.165) is 36.9 Å². The van der Waals surface area contributed by atoms with Gasteiger partial charge >= 0.3 is 11.9 Å². The number of hydrogen-bond donors (Lipinski definition) is 0. The Kier molecular flexibility index (Phi) is 4.22. The summed E-state index contributed by atoms with van der Waals surface area (Å²) in [5.74, 6) is -1.46. The van der Waals surface area contributed by atoms with Gasteiger partial charge in [0.15, 0.2) is 5.69 Å². The Bertz CT molecular complexity index is 859. The van der Waals surface area contributed by atoms with E-state index in [1.807, 2.05) is 0 Å². The third-order valence-electron chi connectivity index (χ3n) is 4.82. The molecule has 7 heteroatoms. The zero-order chi connectivity index (χ0) is 18.3. The minimum absolute atomic E-state index is 0.233. The van der Waals surface area contributed by atoms with Gasteiger partial charge < -0.3 is 9.47 Å². The van der Waals surface area contributed by atoms with E-state index in [1.165, 1.54) is 12.1 Å². The van der Waals surface area contributed by atoms with Crippen molar-refractivity contribution in [1.82, 2.24) is 9.78 Å². The lowest BCUT2D eigenvalue weighted by molar-refractivity contribution is -0.147. The predicted octanol–water partition coefficient (Wildman–Crippen LogP) is 2.75. The Morgan fingerprint density at radius 1 is 1.27 bits per heavy atom. The summed E-state index contributed by atoms with van der Waals surface area (Å²) in [6.07, 6.45) is 2.69. The van der Waals surface area contributed by atoms with Crippen molar-refractivity contribution in [3.8, 4) is 5.69 Å². The number of halogens is 1. The van der Waals surface area contributed by atoms with Crippen molar-refractivity contribution < 1.29 is 23.5 Å². The van der Waals surface area contributed by atoms with Crippen molar-refractivity contribution in [2.24, 2.45) is 0 Å². The molecule has 1 fully saturated rings. The van der Waals surface area contributed by atoms with Gasteiger partial charge in [0.1, 0.15) is 11.9 Å². The highest BCUT2D eigenvalue weighted by Gasteiger charge is 2.37. The molecule has 2 aromatic rings. The highest BCUT2D eigenvalue weighted by molar-refractivity contribution is 5.92. The van der Waals surface area contributed by atoms with Crippen LogP contribution in [0.1, 0.15) is 47.9 Å². The fourth-order valence-corrected chi connectivity index (χ4v) is 3.56. The first-order valence-corrected chi connectivity index (χ1v) is 8.81. The quantitative estimate of drug-likeness (QED) is 0.789. The second kappa shape index (κ2) is 6.55. The minimum atomic E-state index is -0.882. The van der Waals surface area contributed by atoms with Crippen LogP contribution in [0.15, 0.2) is 24.3 Å². The van der Waals surface area contributed by atoms with E-state index in [-0.39, 0.29) is 17.6 Å². The predicted molar refractivity (Wildman–Crippen MR) is 89.5 cm³/mol. The van der Waals surface area contributed by atoms with Gasteiger partial charge in [-0.25, -0.2) is 18.7 Å². The number of hydrogen-bond acceptors (Lipinski definition) is 5. The lowest BCUT2D eigenvalue weighted by Crippen LogP contribution is -2.23. The summed E-state index contributed by atoms with van der Waals surface area (Å²) < 4.78 is 25.3. The molecule has 0 N–H and O–H groups in total. The standard InChI is InChI=1S/C19H19FN2O4/c1-11-10-16(18(23)25-11)26-19(24)17-14-4-2-3-5-15(14)22(21-17)13-8-6-12(20)7-9-13/h6-9,11,16H,2-5,10H2,1H3/t11-,16+/m1/s1. The maximum atomic E-state index is 13.2. The van der Waals surface area contributed by atoms with Gasteiger partial charge in [0.05, 0.1) is 5.69 Å². The van der Waals surface area contributed by atoms with Gasteiger partial charge in [-0.05, 0) is 56.9 Å². The maximum Gasteiger partial charge on any atom is 0.360 e. The SMILES string of the molecule is C[C@@H]1C[C@H](OC(=O)c2nn(-c3ccc(F)cc3)c3c2CCCC3)C(=O)O1. The molecular weight excluding hydrogens is 339 g/mol. The Morgan fingerprint density at radius 2 is 2.00 bits per heavy atom. The number of benzene rings is 1. The van der Waals surface area contributed by atoms with Gasteiger partial charge in [-0.1, -0.05) is 0 Å². The first kappa shape index (κ1) is 16.8. The average molecular weight is 358 g/mol. The van der Waals surface area contributed by atoms with Crippen LogP contribution in [-0.2, 0) is 27.1 Å². The smallest absolute Gasteiger partial charge is 0.360 e. The Hall–Kier alpha value is -2.70. The molecule has 0 spiro atoms. The molecule has 1 aromatic carbocycles. The highest BCUT2D eigenvalue weighted by Crippen LogP contribution is 2.28. The second-order valence-corrected chi connectivity index (χ2v) is 6.75. The van der Waals surface area contributed by atoms with Gasteiger partial charge in [-0.3, -0.25) is 0 Å². The van der Waals surface area contributed by atoms with Gasteiger partial charge in [0.25, 0.3) is 0 Å². The summed E-state index contributed by atoms with van der Waals surface area (Å²) in [7, 11) is 0. The summed E-state index contributed by atoms with van der Waals surface area (Å²) >= 11 is 0. The molecule has 6 nitrogen and oxygen atoms in total. The van der Waals surface area contributed by atoms with E-state index in [1.54, 1.807) is 23.7 Å². The summed E-state index contributed by atoms with van der Waals surface area (Å²) in [4.78, 5) is 24.4. The van der Waals surface area contributed by atoms with Crippen LogP contribution in [0, 0.1) is 5.82 Å². The molecule has 2 heterocycles. The molecule has 0 unspecified atom stereocenters. The molecule has 2 atom stereocenters. The number of carbonyl (C=O) groups excluding carboxylic acids is 2. The minimum Gasteiger partial charge on any atom is -0.460 e. The molecule has 0 bridgehead atoms. The first-order valence-electron chi connectivity index (χ1n) is 8.81. The van der Waals surface area contributed by atoms with Crippen LogP contribution in [0.5, 0.6) is 0 Å². The van der Waals surface area contributed by atoms with Crippen LogP contribution in [0.3, 0.4) is 0 Å². The normalized spacial score (nSPS) is 22.0. The number of nitrogens with zero attached hydrogens (tertiary/aromatic N) is 2. The maximum absolute atomic E-state index is 13.2. The van der Waals surface area contributed by atoms with E-state index in [9.17, 15) is 14.0 Å². The van der Waals surface area contributed by atoms with Crippen LogP contribution in [0.4, 0.5) is 4.39 Å². The molecule has 136 valence electrons. The van der Waals surface area contributed by atoms with E-state index in [2.05, 4.69) is 5.10 Å². The Morgan fingerprint density at radius 3 is 2.69 bits per heavy atom. The summed E-state index contributed by atoms with van der Waals surface area (Å²) in [6, 6.07) is 5.98. The molecule has 0 radical (unpaired) electrons. The molecule has 0 saturated carbocycles. The van der Waals surface area contributed by atoms with E-state index in [0.29, 0.717) is 12.1 Å². The molecule has 26 heavy (non-hydrogen) atoms. The topological polar surface area (TPSA) is 70.4 Å². The van der Waals surface area contributed by atoms with Gasteiger partial charge in [-0.15, -0.1) is 0 Å². The monoisotopic (exact) mass is 358 g/mol. The third kappa shape index (κ3) is 2.98. The fourth-order valence-electron chi connectivity index (χ4n) is 3.56. The zero-order valence-corrected chi connectivity index (χ0v) is 14.4. The van der Waals surface area contributed by atoms with Gasteiger partial charge in [0, 0.05) is 17.7 Å². The summed E-state index contributed by atoms with van der Waals surface area (Å²) in [6.45, 7) is 1.76. The van der Waals surface area contributed by atoms with E-state index in [4.69, 9.17) is 9.47 Å². The van der Waals surface area contributed by atoms with Gasteiger partial charge in [0.2, 0.25) is 6.10 Å². The largest absolute Gasteiger partial charge is 0.460 e. The molecule has 1 aromatic heterocycles. The lowest BCUT2D eigenvalue weighted by Gasteiger charge is -2.14. The second-order valence-electron chi connectivity index (χ2n) is 6.75. The number of aromatic nitrogens is 2. The summed E-state index contributed by atoms with van der Waals surface area (Å²) in [5.41, 5.74) is 2.72. The number of fused-ring (bicyclic) bond motifs is 1. The molecule has 4 rings (SSSR count). The molecule has 1 aliphatic heterocycles.